The van der Waals surface area contributed by atoms with Crippen LogP contribution < -0.4 is 15.4 Å². The lowest BCUT2D eigenvalue weighted by Crippen LogP contribution is -2.45. The molecule has 0 saturated heterocycles. The molecule has 6 heteroatoms. The van der Waals surface area contributed by atoms with Crippen molar-refractivity contribution in [1.29, 1.82) is 0 Å². The first kappa shape index (κ1) is 15.8. The number of hydrogen-bond donors (Lipinski definition) is 2. The van der Waals surface area contributed by atoms with Crippen LogP contribution in [0, 0.1) is 6.92 Å². The van der Waals surface area contributed by atoms with Crippen LogP contribution >= 0.6 is 0 Å². The van der Waals surface area contributed by atoms with Gasteiger partial charge in [0.1, 0.15) is 0 Å². The first-order chi connectivity index (χ1) is 10.0. The highest BCUT2D eigenvalue weighted by molar-refractivity contribution is 5.81. The number of aryl methyl sites for hydroxylation is 2. The molecule has 1 saturated carbocycles. The molecule has 1 aliphatic carbocycles. The Morgan fingerprint density at radius 3 is 2.76 bits per heavy atom. The van der Waals surface area contributed by atoms with Gasteiger partial charge in [-0.15, -0.1) is 0 Å². The number of carbonyl (C=O) groups excluding carboxylic acids is 1. The summed E-state index contributed by atoms with van der Waals surface area (Å²) in [7, 11) is 3.49. The minimum Gasteiger partial charge on any atom is -0.481 e. The minimum atomic E-state index is -0.227. The number of rotatable bonds is 6. The quantitative estimate of drug-likeness (QED) is 0.829. The van der Waals surface area contributed by atoms with Crippen molar-refractivity contribution in [1.82, 2.24) is 20.4 Å². The summed E-state index contributed by atoms with van der Waals surface area (Å²) in [6.45, 7) is 4.41. The minimum absolute atomic E-state index is 0.0717. The molecule has 1 aromatic rings. The van der Waals surface area contributed by atoms with Gasteiger partial charge in [0.2, 0.25) is 11.8 Å². The smallest absolute Gasteiger partial charge is 0.237 e. The number of nitrogens with zero attached hydrogens (tertiary/aromatic N) is 2. The van der Waals surface area contributed by atoms with E-state index in [2.05, 4.69) is 15.7 Å². The van der Waals surface area contributed by atoms with Crippen molar-refractivity contribution in [2.45, 2.75) is 58.2 Å². The molecule has 0 bridgehead atoms. The second-order valence-corrected chi connectivity index (χ2v) is 5.79. The fourth-order valence-electron chi connectivity index (χ4n) is 2.88. The van der Waals surface area contributed by atoms with Crippen LogP contribution in [0.15, 0.2) is 0 Å². The molecule has 0 radical (unpaired) electrons. The molecule has 1 fully saturated rings. The van der Waals surface area contributed by atoms with Gasteiger partial charge >= 0.3 is 0 Å². The molecule has 1 aromatic heterocycles. The Bertz CT molecular complexity index is 492. The van der Waals surface area contributed by atoms with E-state index >= 15 is 0 Å². The van der Waals surface area contributed by atoms with Gasteiger partial charge < -0.3 is 15.4 Å². The van der Waals surface area contributed by atoms with Gasteiger partial charge in [-0.2, -0.15) is 5.10 Å². The summed E-state index contributed by atoms with van der Waals surface area (Å²) in [6.07, 6.45) is 4.65. The van der Waals surface area contributed by atoms with E-state index in [0.29, 0.717) is 12.6 Å². The average molecular weight is 294 g/mol. The van der Waals surface area contributed by atoms with Crippen molar-refractivity contribution in [3.63, 3.8) is 0 Å². The Morgan fingerprint density at radius 2 is 2.14 bits per heavy atom. The summed E-state index contributed by atoms with van der Waals surface area (Å²) in [5.74, 6) is 0.811. The highest BCUT2D eigenvalue weighted by atomic mass is 16.5. The Hall–Kier alpha value is -1.56. The topological polar surface area (TPSA) is 68.2 Å². The number of ether oxygens (including phenoxy) is 1. The zero-order valence-corrected chi connectivity index (χ0v) is 13.4. The molecule has 2 rings (SSSR count). The Morgan fingerprint density at radius 1 is 1.48 bits per heavy atom. The molecule has 21 heavy (non-hydrogen) atoms. The normalized spacial score (nSPS) is 17.0. The summed E-state index contributed by atoms with van der Waals surface area (Å²) in [5.41, 5.74) is 1.92. The molecule has 0 aliphatic heterocycles. The van der Waals surface area contributed by atoms with Crippen molar-refractivity contribution in [3.05, 3.63) is 11.3 Å². The van der Waals surface area contributed by atoms with Gasteiger partial charge in [-0.1, -0.05) is 12.8 Å². The van der Waals surface area contributed by atoms with Crippen molar-refractivity contribution in [2.24, 2.45) is 7.05 Å². The highest BCUT2D eigenvalue weighted by Crippen LogP contribution is 2.21. The van der Waals surface area contributed by atoms with Gasteiger partial charge in [-0.3, -0.25) is 4.79 Å². The van der Waals surface area contributed by atoms with Crippen LogP contribution in [0.2, 0.25) is 0 Å². The summed E-state index contributed by atoms with van der Waals surface area (Å²) >= 11 is 0. The summed E-state index contributed by atoms with van der Waals surface area (Å²) in [6, 6.07) is 0.131. The third-order valence-electron chi connectivity index (χ3n) is 4.16. The van der Waals surface area contributed by atoms with Crippen molar-refractivity contribution in [3.8, 4) is 5.88 Å². The maximum Gasteiger partial charge on any atom is 0.237 e. The maximum atomic E-state index is 12.1. The lowest BCUT2D eigenvalue weighted by atomic mass is 10.2. The predicted octanol–water partition coefficient (Wildman–Crippen LogP) is 1.27. The zero-order valence-electron chi connectivity index (χ0n) is 13.4. The second kappa shape index (κ2) is 6.93. The van der Waals surface area contributed by atoms with Crippen molar-refractivity contribution >= 4 is 5.91 Å². The van der Waals surface area contributed by atoms with E-state index in [4.69, 9.17) is 4.74 Å². The SMILES string of the molecule is COc1c(CNC(C)C(=O)NC2CCCC2)c(C)nn1C. The number of methoxy groups -OCH3 is 1. The van der Waals surface area contributed by atoms with Gasteiger partial charge in [-0.05, 0) is 26.7 Å². The number of hydrogen-bond acceptors (Lipinski definition) is 4. The predicted molar refractivity (Wildman–Crippen MR) is 81.2 cm³/mol. The highest BCUT2D eigenvalue weighted by Gasteiger charge is 2.21. The maximum absolute atomic E-state index is 12.1. The fourth-order valence-corrected chi connectivity index (χ4v) is 2.88. The molecular weight excluding hydrogens is 268 g/mol. The molecule has 0 aromatic carbocycles. The largest absolute Gasteiger partial charge is 0.481 e. The lowest BCUT2D eigenvalue weighted by Gasteiger charge is -2.18. The molecule has 1 amide bonds. The Labute approximate surface area is 126 Å². The van der Waals surface area contributed by atoms with Gasteiger partial charge in [0, 0.05) is 19.6 Å². The third kappa shape index (κ3) is 3.75. The van der Waals surface area contributed by atoms with Crippen LogP contribution in [0.5, 0.6) is 5.88 Å². The van der Waals surface area contributed by atoms with E-state index in [0.717, 1.165) is 30.0 Å². The molecule has 6 nitrogen and oxygen atoms in total. The Balaban J connectivity index is 1.88. The molecule has 1 unspecified atom stereocenters. The molecule has 0 spiro atoms. The van der Waals surface area contributed by atoms with Crippen LogP contribution in [0.1, 0.15) is 43.9 Å². The second-order valence-electron chi connectivity index (χ2n) is 5.79. The molecular formula is C15H26N4O2. The van der Waals surface area contributed by atoms with Gasteiger partial charge in [0.15, 0.2) is 0 Å². The van der Waals surface area contributed by atoms with E-state index in [1.165, 1.54) is 12.8 Å². The van der Waals surface area contributed by atoms with Crippen LogP contribution in [0.3, 0.4) is 0 Å². The van der Waals surface area contributed by atoms with Crippen molar-refractivity contribution < 1.29 is 9.53 Å². The molecule has 1 atom stereocenters. The Kier molecular flexibility index (Phi) is 5.22. The van der Waals surface area contributed by atoms with E-state index < -0.39 is 0 Å². The molecule has 118 valence electrons. The van der Waals surface area contributed by atoms with Crippen molar-refractivity contribution in [2.75, 3.05) is 7.11 Å². The van der Waals surface area contributed by atoms with Gasteiger partial charge in [-0.25, -0.2) is 4.68 Å². The molecule has 1 heterocycles. The standard InChI is InChI=1S/C15H26N4O2/c1-10-13(15(21-4)19(3)18-10)9-16-11(2)14(20)17-12-7-5-6-8-12/h11-12,16H,5-9H2,1-4H3,(H,17,20). The van der Waals surface area contributed by atoms with E-state index in [1.54, 1.807) is 11.8 Å². The van der Waals surface area contributed by atoms with Crippen LogP contribution in [-0.4, -0.2) is 34.9 Å². The van der Waals surface area contributed by atoms with Gasteiger partial charge in [0.05, 0.1) is 24.4 Å². The third-order valence-corrected chi connectivity index (χ3v) is 4.16. The number of aromatic nitrogens is 2. The van der Waals surface area contributed by atoms with Crippen LogP contribution in [-0.2, 0) is 18.4 Å². The summed E-state index contributed by atoms with van der Waals surface area (Å²) in [4.78, 5) is 12.1. The van der Waals surface area contributed by atoms with E-state index in [-0.39, 0.29) is 11.9 Å². The summed E-state index contributed by atoms with van der Waals surface area (Å²) in [5, 5.41) is 10.7. The van der Waals surface area contributed by atoms with E-state index in [9.17, 15) is 4.79 Å². The van der Waals surface area contributed by atoms with E-state index in [1.807, 2.05) is 20.9 Å². The van der Waals surface area contributed by atoms with Crippen LogP contribution in [0.25, 0.3) is 0 Å². The average Bonchev–Trinajstić information content (AvgIpc) is 3.03. The number of nitrogens with one attached hydrogen (secondary N) is 2. The fraction of sp³-hybridized carbons (Fsp3) is 0.733. The lowest BCUT2D eigenvalue weighted by molar-refractivity contribution is -0.123. The first-order valence-electron chi connectivity index (χ1n) is 7.63. The summed E-state index contributed by atoms with van der Waals surface area (Å²) < 4.78 is 7.08. The zero-order chi connectivity index (χ0) is 15.4. The molecule has 1 aliphatic rings. The number of amides is 1. The van der Waals surface area contributed by atoms with Gasteiger partial charge in [0.25, 0.3) is 0 Å². The monoisotopic (exact) mass is 294 g/mol. The van der Waals surface area contributed by atoms with Crippen LogP contribution in [0.4, 0.5) is 0 Å². The molecule has 2 N–H and O–H groups in total. The number of carbonyl (C=O) groups is 1. The first-order valence-corrected chi connectivity index (χ1v) is 7.63.